The van der Waals surface area contributed by atoms with Gasteiger partial charge in [-0.25, -0.2) is 4.98 Å². The minimum absolute atomic E-state index is 0.0419. The molecule has 1 heterocycles. The van der Waals surface area contributed by atoms with Crippen LogP contribution in [-0.4, -0.2) is 41.4 Å². The van der Waals surface area contributed by atoms with E-state index in [0.29, 0.717) is 16.9 Å². The van der Waals surface area contributed by atoms with Crippen LogP contribution in [0.4, 0.5) is 0 Å². The van der Waals surface area contributed by atoms with E-state index >= 15 is 0 Å². The van der Waals surface area contributed by atoms with Crippen molar-refractivity contribution < 1.29 is 14.4 Å². The number of carbonyl (C=O) groups excluding carboxylic acids is 3. The molecule has 0 aliphatic heterocycles. The van der Waals surface area contributed by atoms with Gasteiger partial charge >= 0.3 is 0 Å². The predicted octanol–water partition coefficient (Wildman–Crippen LogP) is 0.889. The second-order valence-electron chi connectivity index (χ2n) is 4.80. The van der Waals surface area contributed by atoms with Gasteiger partial charge in [0.25, 0.3) is 5.91 Å². The molecular weight excluding hydrogens is 316 g/mol. The molecule has 8 heteroatoms. The summed E-state index contributed by atoms with van der Waals surface area (Å²) in [5, 5.41) is 14.8. The Labute approximate surface area is 138 Å². The Morgan fingerprint density at radius 1 is 1.39 bits per heavy atom. The number of nitrogens with one attached hydrogen (secondary N) is 2. The maximum atomic E-state index is 12.0. The van der Waals surface area contributed by atoms with Gasteiger partial charge in [0, 0.05) is 18.2 Å². The van der Waals surface area contributed by atoms with Crippen molar-refractivity contribution in [3.63, 3.8) is 0 Å². The molecule has 0 atom stereocenters. The maximum absolute atomic E-state index is 12.0. The van der Waals surface area contributed by atoms with Crippen molar-refractivity contribution in [2.45, 2.75) is 30.5 Å². The Kier molecular flexibility index (Phi) is 7.77. The van der Waals surface area contributed by atoms with Crippen LogP contribution in [0, 0.1) is 11.3 Å². The molecule has 1 aromatic rings. The normalized spacial score (nSPS) is 10.0. The zero-order valence-electron chi connectivity index (χ0n) is 13.0. The fourth-order valence-corrected chi connectivity index (χ4v) is 2.43. The van der Waals surface area contributed by atoms with Crippen LogP contribution in [0.1, 0.15) is 36.3 Å². The summed E-state index contributed by atoms with van der Waals surface area (Å²) in [4.78, 5) is 37.7. The summed E-state index contributed by atoms with van der Waals surface area (Å²) in [7, 11) is 0. The number of pyridine rings is 1. The van der Waals surface area contributed by atoms with E-state index in [1.54, 1.807) is 6.07 Å². The van der Waals surface area contributed by atoms with Crippen molar-refractivity contribution in [2.24, 2.45) is 0 Å². The molecule has 2 N–H and O–H groups in total. The number of thioether (sulfide) groups is 1. The summed E-state index contributed by atoms with van der Waals surface area (Å²) in [5.74, 6) is -0.732. The van der Waals surface area contributed by atoms with Gasteiger partial charge in [0.05, 0.1) is 12.1 Å². The molecule has 0 saturated carbocycles. The van der Waals surface area contributed by atoms with Crippen molar-refractivity contribution in [3.8, 4) is 6.07 Å². The van der Waals surface area contributed by atoms with Gasteiger partial charge in [-0.05, 0) is 12.1 Å². The standard InChI is InChI=1S/C15H18N4O3S/c1-10(2)23-15-11(9-16)3-4-12(19-15)14(22)18-6-5-13(21)17-7-8-20/h3-4,8,10H,5-7H2,1-2H3,(H,17,21)(H,18,22). The molecule has 0 aromatic carbocycles. The van der Waals surface area contributed by atoms with E-state index in [9.17, 15) is 14.4 Å². The van der Waals surface area contributed by atoms with Crippen LogP contribution in [0.3, 0.4) is 0 Å². The first-order chi connectivity index (χ1) is 11.0. The zero-order valence-corrected chi connectivity index (χ0v) is 13.8. The smallest absolute Gasteiger partial charge is 0.269 e. The highest BCUT2D eigenvalue weighted by Crippen LogP contribution is 2.24. The first-order valence-electron chi connectivity index (χ1n) is 7.04. The van der Waals surface area contributed by atoms with Gasteiger partial charge in [0.15, 0.2) is 0 Å². The molecule has 0 radical (unpaired) electrons. The second-order valence-corrected chi connectivity index (χ2v) is 6.37. The van der Waals surface area contributed by atoms with E-state index < -0.39 is 5.91 Å². The van der Waals surface area contributed by atoms with Crippen molar-refractivity contribution in [3.05, 3.63) is 23.4 Å². The van der Waals surface area contributed by atoms with E-state index in [1.165, 1.54) is 17.8 Å². The average Bonchev–Trinajstić information content (AvgIpc) is 2.52. The van der Waals surface area contributed by atoms with Gasteiger partial charge in [-0.1, -0.05) is 13.8 Å². The molecule has 1 aromatic heterocycles. The van der Waals surface area contributed by atoms with Gasteiger partial charge in [0.1, 0.15) is 23.1 Å². The molecule has 0 aliphatic carbocycles. The van der Waals surface area contributed by atoms with Gasteiger partial charge in [-0.2, -0.15) is 5.26 Å². The summed E-state index contributed by atoms with van der Waals surface area (Å²) in [6.45, 7) is 4.04. The number of hydrogen-bond acceptors (Lipinski definition) is 6. The number of aldehydes is 1. The van der Waals surface area contributed by atoms with E-state index in [2.05, 4.69) is 15.6 Å². The number of rotatable bonds is 8. The summed E-state index contributed by atoms with van der Waals surface area (Å²) in [5.41, 5.74) is 0.619. The first kappa shape index (κ1) is 18.6. The van der Waals surface area contributed by atoms with Crippen LogP contribution in [0.5, 0.6) is 0 Å². The maximum Gasteiger partial charge on any atom is 0.269 e. The molecule has 0 aliphatic rings. The minimum Gasteiger partial charge on any atom is -0.350 e. The second kappa shape index (κ2) is 9.58. The monoisotopic (exact) mass is 334 g/mol. The third-order valence-corrected chi connectivity index (χ3v) is 3.59. The van der Waals surface area contributed by atoms with Crippen molar-refractivity contribution in [1.29, 1.82) is 5.26 Å². The molecule has 0 spiro atoms. The molecule has 0 bridgehead atoms. The first-order valence-corrected chi connectivity index (χ1v) is 7.92. The van der Waals surface area contributed by atoms with Crippen LogP contribution in [0.2, 0.25) is 0 Å². The van der Waals surface area contributed by atoms with Crippen molar-refractivity contribution in [1.82, 2.24) is 15.6 Å². The number of amides is 2. The number of hydrogen-bond donors (Lipinski definition) is 2. The van der Waals surface area contributed by atoms with Gasteiger partial charge in [-0.15, -0.1) is 11.8 Å². The molecule has 1 rings (SSSR count). The van der Waals surface area contributed by atoms with Crippen molar-refractivity contribution >= 4 is 29.9 Å². The minimum atomic E-state index is -0.414. The molecule has 0 saturated heterocycles. The highest BCUT2D eigenvalue weighted by molar-refractivity contribution is 7.99. The SMILES string of the molecule is CC(C)Sc1nc(C(=O)NCCC(=O)NCC=O)ccc1C#N. The molecule has 122 valence electrons. The number of nitrogens with zero attached hydrogens (tertiary/aromatic N) is 2. The van der Waals surface area contributed by atoms with E-state index in [4.69, 9.17) is 5.26 Å². The van der Waals surface area contributed by atoms with Gasteiger partial charge < -0.3 is 15.4 Å². The molecule has 7 nitrogen and oxygen atoms in total. The van der Waals surface area contributed by atoms with Crippen molar-refractivity contribution in [2.75, 3.05) is 13.1 Å². The molecular formula is C15H18N4O3S. The predicted molar refractivity (Wildman–Crippen MR) is 86.0 cm³/mol. The van der Waals surface area contributed by atoms with Crippen LogP contribution < -0.4 is 10.6 Å². The van der Waals surface area contributed by atoms with Gasteiger partial charge in [-0.3, -0.25) is 9.59 Å². The third-order valence-electron chi connectivity index (χ3n) is 2.58. The average molecular weight is 334 g/mol. The Morgan fingerprint density at radius 2 is 2.13 bits per heavy atom. The van der Waals surface area contributed by atoms with Gasteiger partial charge in [0.2, 0.25) is 5.91 Å². The summed E-state index contributed by atoms with van der Waals surface area (Å²) in [6, 6.07) is 5.08. The summed E-state index contributed by atoms with van der Waals surface area (Å²) >= 11 is 1.41. The van der Waals surface area contributed by atoms with Crippen LogP contribution in [0.15, 0.2) is 17.2 Å². The fraction of sp³-hybridized carbons (Fsp3) is 0.400. The Hall–Kier alpha value is -2.40. The molecule has 2 amide bonds. The topological polar surface area (TPSA) is 112 Å². The summed E-state index contributed by atoms with van der Waals surface area (Å²) < 4.78 is 0. The summed E-state index contributed by atoms with van der Waals surface area (Å²) in [6.07, 6.45) is 0.661. The lowest BCUT2D eigenvalue weighted by Gasteiger charge is -2.09. The molecule has 0 fully saturated rings. The van der Waals surface area contributed by atoms with E-state index in [0.717, 1.165) is 0 Å². The number of nitriles is 1. The lowest BCUT2D eigenvalue weighted by Crippen LogP contribution is -2.31. The Morgan fingerprint density at radius 3 is 2.74 bits per heavy atom. The Balaban J connectivity index is 2.64. The van der Waals surface area contributed by atoms with Crippen LogP contribution >= 0.6 is 11.8 Å². The molecule has 0 unspecified atom stereocenters. The zero-order chi connectivity index (χ0) is 17.2. The Bertz CT molecular complexity index is 626. The van der Waals surface area contributed by atoms with E-state index in [-0.39, 0.29) is 36.4 Å². The third kappa shape index (κ3) is 6.48. The van der Waals surface area contributed by atoms with Crippen LogP contribution in [-0.2, 0) is 9.59 Å². The quantitative estimate of drug-likeness (QED) is 0.539. The molecule has 23 heavy (non-hydrogen) atoms. The lowest BCUT2D eigenvalue weighted by atomic mass is 10.2. The fourth-order valence-electron chi connectivity index (χ4n) is 1.59. The number of aromatic nitrogens is 1. The van der Waals surface area contributed by atoms with E-state index in [1.807, 2.05) is 19.9 Å². The highest BCUT2D eigenvalue weighted by Gasteiger charge is 2.13. The number of carbonyl (C=O) groups is 3. The largest absolute Gasteiger partial charge is 0.350 e. The highest BCUT2D eigenvalue weighted by atomic mass is 32.2. The van der Waals surface area contributed by atoms with Crippen LogP contribution in [0.25, 0.3) is 0 Å². The lowest BCUT2D eigenvalue weighted by molar-refractivity contribution is -0.122.